The average molecular weight is 275 g/mol. The molecule has 0 radical (unpaired) electrons. The molecular formula is C14H20F3NO. The van der Waals surface area contributed by atoms with E-state index >= 15 is 0 Å². The fraction of sp³-hybridized carbons (Fsp3) is 0.571. The van der Waals surface area contributed by atoms with E-state index in [2.05, 4.69) is 0 Å². The Balaban J connectivity index is 2.75. The molecular weight excluding hydrogens is 255 g/mol. The van der Waals surface area contributed by atoms with Crippen LogP contribution in [0.15, 0.2) is 24.3 Å². The van der Waals surface area contributed by atoms with E-state index in [1.165, 1.54) is 6.07 Å². The number of halogens is 3. The highest BCUT2D eigenvalue weighted by Gasteiger charge is 2.30. The highest BCUT2D eigenvalue weighted by molar-refractivity contribution is 5.27. The number of rotatable bonds is 5. The van der Waals surface area contributed by atoms with Crippen molar-refractivity contribution < 1.29 is 17.9 Å². The molecule has 0 aliphatic heterocycles. The lowest BCUT2D eigenvalue weighted by molar-refractivity contribution is -0.137. The van der Waals surface area contributed by atoms with Gasteiger partial charge in [-0.25, -0.2) is 0 Å². The number of hydrogen-bond donors (Lipinski definition) is 1. The van der Waals surface area contributed by atoms with E-state index in [-0.39, 0.29) is 12.2 Å². The zero-order valence-corrected chi connectivity index (χ0v) is 11.4. The first kappa shape index (κ1) is 16.0. The summed E-state index contributed by atoms with van der Waals surface area (Å²) in [4.78, 5) is 0. The minimum absolute atomic E-state index is 0.197. The Kier molecular flexibility index (Phi) is 4.98. The van der Waals surface area contributed by atoms with Crippen LogP contribution in [-0.4, -0.2) is 12.2 Å². The Morgan fingerprint density at radius 1 is 1.26 bits per heavy atom. The number of hydrogen-bond acceptors (Lipinski definition) is 2. The summed E-state index contributed by atoms with van der Waals surface area (Å²) in [5, 5.41) is 0. The maximum absolute atomic E-state index is 12.6. The minimum atomic E-state index is -4.35. The summed E-state index contributed by atoms with van der Waals surface area (Å²) in [5.41, 5.74) is 5.30. The van der Waals surface area contributed by atoms with E-state index in [9.17, 15) is 13.2 Å². The Morgan fingerprint density at radius 3 is 2.42 bits per heavy atom. The monoisotopic (exact) mass is 275 g/mol. The third kappa shape index (κ3) is 4.84. The maximum Gasteiger partial charge on any atom is 0.416 e. The van der Waals surface area contributed by atoms with Crippen molar-refractivity contribution in [2.24, 2.45) is 5.73 Å². The summed E-state index contributed by atoms with van der Waals surface area (Å²) in [6.45, 7) is 6.02. The van der Waals surface area contributed by atoms with Gasteiger partial charge in [-0.05, 0) is 38.0 Å². The van der Waals surface area contributed by atoms with E-state index < -0.39 is 17.8 Å². The summed E-state index contributed by atoms with van der Waals surface area (Å²) in [7, 11) is 0. The summed E-state index contributed by atoms with van der Waals surface area (Å²) in [6, 6.07) is 4.50. The quantitative estimate of drug-likeness (QED) is 0.884. The van der Waals surface area contributed by atoms with Gasteiger partial charge in [-0.15, -0.1) is 0 Å². The Hall–Kier alpha value is -1.07. The average Bonchev–Trinajstić information content (AvgIpc) is 2.35. The largest absolute Gasteiger partial charge is 0.416 e. The van der Waals surface area contributed by atoms with Gasteiger partial charge in [0.1, 0.15) is 0 Å². The molecule has 0 amide bonds. The molecule has 1 rings (SSSR count). The van der Waals surface area contributed by atoms with Crippen LogP contribution in [0.25, 0.3) is 0 Å². The Labute approximate surface area is 111 Å². The molecule has 0 aliphatic carbocycles. The van der Waals surface area contributed by atoms with Crippen molar-refractivity contribution in [3.63, 3.8) is 0 Å². The highest BCUT2D eigenvalue weighted by atomic mass is 19.4. The number of alkyl halides is 3. The van der Waals surface area contributed by atoms with Gasteiger partial charge in [0.25, 0.3) is 0 Å². The molecule has 0 saturated carbocycles. The lowest BCUT2D eigenvalue weighted by Gasteiger charge is -2.26. The van der Waals surface area contributed by atoms with Gasteiger partial charge in [-0.1, -0.05) is 19.1 Å². The second kappa shape index (κ2) is 5.92. The van der Waals surface area contributed by atoms with Crippen LogP contribution in [0.5, 0.6) is 0 Å². The first-order valence-corrected chi connectivity index (χ1v) is 6.22. The van der Waals surface area contributed by atoms with Crippen molar-refractivity contribution in [2.45, 2.75) is 45.0 Å². The van der Waals surface area contributed by atoms with Crippen molar-refractivity contribution in [3.8, 4) is 0 Å². The molecule has 5 heteroatoms. The second-order valence-corrected chi connectivity index (χ2v) is 5.15. The van der Waals surface area contributed by atoms with Gasteiger partial charge in [0.2, 0.25) is 0 Å². The fourth-order valence-corrected chi connectivity index (χ4v) is 1.46. The van der Waals surface area contributed by atoms with Crippen molar-refractivity contribution >= 4 is 0 Å². The molecule has 1 unspecified atom stereocenters. The van der Waals surface area contributed by atoms with Gasteiger partial charge in [-0.2, -0.15) is 13.2 Å². The minimum Gasteiger partial charge on any atom is -0.374 e. The molecule has 0 heterocycles. The zero-order valence-electron chi connectivity index (χ0n) is 11.4. The lowest BCUT2D eigenvalue weighted by Crippen LogP contribution is -2.28. The lowest BCUT2D eigenvalue weighted by atomic mass is 10.0. The topological polar surface area (TPSA) is 35.2 Å². The predicted molar refractivity (Wildman–Crippen MR) is 68.7 cm³/mol. The molecule has 2 N–H and O–H groups in total. The second-order valence-electron chi connectivity index (χ2n) is 5.15. The molecule has 0 bridgehead atoms. The van der Waals surface area contributed by atoms with Crippen molar-refractivity contribution in [2.75, 3.05) is 6.61 Å². The smallest absolute Gasteiger partial charge is 0.374 e. The molecule has 0 spiro atoms. The van der Waals surface area contributed by atoms with Gasteiger partial charge in [0, 0.05) is 0 Å². The normalized spacial score (nSPS) is 14.5. The molecule has 19 heavy (non-hydrogen) atoms. The van der Waals surface area contributed by atoms with Crippen LogP contribution in [0.3, 0.4) is 0 Å². The standard InChI is InChI=1S/C14H20F3NO/c1-4-13(2,3)19-9-12(18)10-6-5-7-11(8-10)14(15,16)17/h5-8,12H,4,9,18H2,1-3H3. The summed E-state index contributed by atoms with van der Waals surface area (Å²) in [5.74, 6) is 0. The van der Waals surface area contributed by atoms with E-state index in [0.29, 0.717) is 5.56 Å². The van der Waals surface area contributed by atoms with E-state index in [1.54, 1.807) is 6.07 Å². The third-order valence-electron chi connectivity index (χ3n) is 3.15. The van der Waals surface area contributed by atoms with E-state index in [4.69, 9.17) is 10.5 Å². The van der Waals surface area contributed by atoms with Crippen LogP contribution in [0.1, 0.15) is 44.4 Å². The van der Waals surface area contributed by atoms with Gasteiger partial charge in [-0.3, -0.25) is 0 Å². The third-order valence-corrected chi connectivity index (χ3v) is 3.15. The van der Waals surface area contributed by atoms with Gasteiger partial charge < -0.3 is 10.5 Å². The van der Waals surface area contributed by atoms with E-state index in [1.807, 2.05) is 20.8 Å². The van der Waals surface area contributed by atoms with Crippen LogP contribution in [-0.2, 0) is 10.9 Å². The molecule has 1 aromatic carbocycles. The predicted octanol–water partition coefficient (Wildman–Crippen LogP) is 3.91. The van der Waals surface area contributed by atoms with Crippen molar-refractivity contribution in [1.29, 1.82) is 0 Å². The molecule has 1 atom stereocenters. The first-order chi connectivity index (χ1) is 8.65. The fourth-order valence-electron chi connectivity index (χ4n) is 1.46. The van der Waals surface area contributed by atoms with Gasteiger partial charge in [0.15, 0.2) is 0 Å². The SMILES string of the molecule is CCC(C)(C)OCC(N)c1cccc(C(F)(F)F)c1. The van der Waals surface area contributed by atoms with Crippen LogP contribution < -0.4 is 5.73 Å². The number of nitrogens with two attached hydrogens (primary N) is 1. The van der Waals surface area contributed by atoms with Gasteiger partial charge >= 0.3 is 6.18 Å². The maximum atomic E-state index is 12.6. The molecule has 0 saturated heterocycles. The molecule has 1 aromatic rings. The van der Waals surface area contributed by atoms with Crippen LogP contribution in [0.4, 0.5) is 13.2 Å². The van der Waals surface area contributed by atoms with Crippen LogP contribution in [0.2, 0.25) is 0 Å². The van der Waals surface area contributed by atoms with Crippen LogP contribution >= 0.6 is 0 Å². The molecule has 0 aromatic heterocycles. The van der Waals surface area contributed by atoms with Crippen molar-refractivity contribution in [3.05, 3.63) is 35.4 Å². The number of ether oxygens (including phenoxy) is 1. The summed E-state index contributed by atoms with van der Waals surface area (Å²) < 4.78 is 43.4. The first-order valence-electron chi connectivity index (χ1n) is 6.22. The highest BCUT2D eigenvalue weighted by Crippen LogP contribution is 2.30. The molecule has 0 fully saturated rings. The van der Waals surface area contributed by atoms with E-state index in [0.717, 1.165) is 18.6 Å². The van der Waals surface area contributed by atoms with Gasteiger partial charge in [0.05, 0.1) is 23.8 Å². The molecule has 108 valence electrons. The summed E-state index contributed by atoms with van der Waals surface area (Å²) in [6.07, 6.45) is -3.54. The molecule has 2 nitrogen and oxygen atoms in total. The number of benzene rings is 1. The van der Waals surface area contributed by atoms with Crippen molar-refractivity contribution in [1.82, 2.24) is 0 Å². The zero-order chi connectivity index (χ0) is 14.7. The Bertz CT molecular complexity index is 415. The Morgan fingerprint density at radius 2 is 1.89 bits per heavy atom. The molecule has 0 aliphatic rings. The van der Waals surface area contributed by atoms with Crippen LogP contribution in [0, 0.1) is 0 Å². The summed E-state index contributed by atoms with van der Waals surface area (Å²) >= 11 is 0.